The summed E-state index contributed by atoms with van der Waals surface area (Å²) in [6.45, 7) is 4.40. The van der Waals surface area contributed by atoms with Crippen molar-refractivity contribution in [2.45, 2.75) is 18.8 Å². The van der Waals surface area contributed by atoms with Crippen LogP contribution in [0, 0.1) is 0 Å². The van der Waals surface area contributed by atoms with Crippen LogP contribution in [0.15, 0.2) is 29.6 Å². The third kappa shape index (κ3) is 4.83. The number of ether oxygens (including phenoxy) is 2. The minimum Gasteiger partial charge on any atom is -0.467 e. The summed E-state index contributed by atoms with van der Waals surface area (Å²) < 4.78 is 16.2. The Labute approximate surface area is 228 Å². The summed E-state index contributed by atoms with van der Waals surface area (Å²) in [4.78, 5) is 37.1. The van der Waals surface area contributed by atoms with Crippen LogP contribution in [-0.2, 0) is 0 Å². The first kappa shape index (κ1) is 24.7. The highest BCUT2D eigenvalue weighted by Crippen LogP contribution is 2.33. The number of rotatable bonds is 6. The molecule has 0 unspecified atom stereocenters. The summed E-state index contributed by atoms with van der Waals surface area (Å²) in [5, 5.41) is 4.11. The van der Waals surface area contributed by atoms with E-state index in [1.54, 1.807) is 11.3 Å². The highest BCUT2D eigenvalue weighted by atomic mass is 32.1. The second kappa shape index (κ2) is 10.7. The highest BCUT2D eigenvalue weighted by molar-refractivity contribution is 7.13. The van der Waals surface area contributed by atoms with Crippen molar-refractivity contribution in [1.82, 2.24) is 29.2 Å². The molecule has 0 radical (unpaired) electrons. The number of aromatic nitrogens is 5. The zero-order valence-corrected chi connectivity index (χ0v) is 22.9. The smallest absolute Gasteiger partial charge is 0.324 e. The largest absolute Gasteiger partial charge is 0.467 e. The normalized spacial score (nSPS) is 16.7. The van der Waals surface area contributed by atoms with E-state index in [0.29, 0.717) is 30.6 Å². The SMILES string of the molecule is COc1nc(OC)nc(N2CCC(c3nc(C(=O)N4CCN(c5nsc6ccccc56)CC4)cs3)CC2)n1. The molecule has 1 aromatic carbocycles. The Kier molecular flexibility index (Phi) is 6.94. The quantitative estimate of drug-likeness (QED) is 0.353. The van der Waals surface area contributed by atoms with Gasteiger partial charge in [-0.05, 0) is 36.5 Å². The van der Waals surface area contributed by atoms with E-state index >= 15 is 0 Å². The summed E-state index contributed by atoms with van der Waals surface area (Å²) in [6.07, 6.45) is 1.80. The van der Waals surface area contributed by atoms with Crippen molar-refractivity contribution in [3.63, 3.8) is 0 Å². The lowest BCUT2D eigenvalue weighted by molar-refractivity contribution is 0.0741. The lowest BCUT2D eigenvalue weighted by atomic mass is 9.98. The Bertz CT molecular complexity index is 1400. The number of amides is 1. The second-order valence-electron chi connectivity index (χ2n) is 9.22. The third-order valence-corrected chi connectivity index (χ3v) is 8.86. The van der Waals surface area contributed by atoms with Crippen LogP contribution in [0.5, 0.6) is 12.0 Å². The van der Waals surface area contributed by atoms with Crippen LogP contribution in [0.25, 0.3) is 10.1 Å². The summed E-state index contributed by atoms with van der Waals surface area (Å²) in [5.74, 6) is 1.89. The topological polar surface area (TPSA) is 110 Å². The van der Waals surface area contributed by atoms with Crippen molar-refractivity contribution >= 4 is 50.6 Å². The zero-order chi connectivity index (χ0) is 26.1. The minimum atomic E-state index is 0.0112. The fraction of sp³-hybridized carbons (Fsp3) is 0.440. The number of hydrogen-bond donors (Lipinski definition) is 0. The number of piperidine rings is 1. The van der Waals surface area contributed by atoms with Gasteiger partial charge in [0.1, 0.15) is 11.5 Å². The van der Waals surface area contributed by atoms with Crippen LogP contribution in [-0.4, -0.2) is 88.6 Å². The molecule has 0 N–H and O–H groups in total. The molecule has 0 bridgehead atoms. The second-order valence-corrected chi connectivity index (χ2v) is 10.9. The maximum atomic E-state index is 13.2. The Hall–Kier alpha value is -3.58. The lowest BCUT2D eigenvalue weighted by Crippen LogP contribution is -2.49. The van der Waals surface area contributed by atoms with E-state index in [1.165, 1.54) is 35.8 Å². The van der Waals surface area contributed by atoms with Crippen molar-refractivity contribution < 1.29 is 14.3 Å². The predicted molar refractivity (Wildman–Crippen MR) is 147 cm³/mol. The molecule has 11 nitrogen and oxygen atoms in total. The van der Waals surface area contributed by atoms with Crippen LogP contribution < -0.4 is 19.3 Å². The highest BCUT2D eigenvalue weighted by Gasteiger charge is 2.29. The van der Waals surface area contributed by atoms with E-state index in [0.717, 1.165) is 49.8 Å². The van der Waals surface area contributed by atoms with Gasteiger partial charge in [-0.25, -0.2) is 4.98 Å². The summed E-state index contributed by atoms with van der Waals surface area (Å²) in [6, 6.07) is 8.77. The first-order valence-corrected chi connectivity index (χ1v) is 14.2. The van der Waals surface area contributed by atoms with Crippen molar-refractivity contribution in [2.75, 3.05) is 63.3 Å². The molecule has 0 saturated carbocycles. The van der Waals surface area contributed by atoms with Crippen molar-refractivity contribution in [3.8, 4) is 12.0 Å². The summed E-state index contributed by atoms with van der Waals surface area (Å²) in [7, 11) is 3.05. The first-order chi connectivity index (χ1) is 18.6. The molecule has 2 fully saturated rings. The van der Waals surface area contributed by atoms with Gasteiger partial charge in [-0.3, -0.25) is 4.79 Å². The van der Waals surface area contributed by atoms with Gasteiger partial charge < -0.3 is 24.2 Å². The summed E-state index contributed by atoms with van der Waals surface area (Å²) >= 11 is 3.11. The molecule has 1 amide bonds. The van der Waals surface area contributed by atoms with Crippen molar-refractivity contribution in [1.29, 1.82) is 0 Å². The van der Waals surface area contributed by atoms with Crippen molar-refractivity contribution in [3.05, 3.63) is 40.3 Å². The Morgan fingerprint density at radius 1 is 0.895 bits per heavy atom. The van der Waals surface area contributed by atoms with E-state index in [9.17, 15) is 4.79 Å². The van der Waals surface area contributed by atoms with Crippen LogP contribution in [0.2, 0.25) is 0 Å². The maximum Gasteiger partial charge on any atom is 0.324 e. The Morgan fingerprint density at radius 2 is 1.61 bits per heavy atom. The van der Waals surface area contributed by atoms with Crippen LogP contribution in [0.4, 0.5) is 11.8 Å². The molecule has 38 heavy (non-hydrogen) atoms. The van der Waals surface area contributed by atoms with E-state index in [2.05, 4.69) is 41.3 Å². The molecule has 2 saturated heterocycles. The van der Waals surface area contributed by atoms with E-state index < -0.39 is 0 Å². The first-order valence-electron chi connectivity index (χ1n) is 12.6. The molecule has 0 atom stereocenters. The van der Waals surface area contributed by atoms with Gasteiger partial charge >= 0.3 is 12.0 Å². The van der Waals surface area contributed by atoms with Gasteiger partial charge in [-0.1, -0.05) is 12.1 Å². The number of methoxy groups -OCH3 is 2. The molecule has 0 spiro atoms. The zero-order valence-electron chi connectivity index (χ0n) is 21.2. The average molecular weight is 553 g/mol. The molecular formula is C25H28N8O3S2. The van der Waals surface area contributed by atoms with Crippen LogP contribution in [0.1, 0.15) is 34.3 Å². The van der Waals surface area contributed by atoms with Gasteiger partial charge in [0.05, 0.1) is 23.9 Å². The molecule has 13 heteroatoms. The van der Waals surface area contributed by atoms with Crippen LogP contribution >= 0.6 is 22.9 Å². The Balaban J connectivity index is 1.05. The van der Waals surface area contributed by atoms with Gasteiger partial charge in [-0.15, -0.1) is 16.3 Å². The van der Waals surface area contributed by atoms with Gasteiger partial charge in [0.25, 0.3) is 5.91 Å². The number of benzene rings is 1. The molecular weight excluding hydrogens is 524 g/mol. The number of anilines is 2. The van der Waals surface area contributed by atoms with Gasteiger partial charge in [0.15, 0.2) is 0 Å². The molecule has 6 rings (SSSR count). The number of nitrogens with zero attached hydrogens (tertiary/aromatic N) is 8. The van der Waals surface area contributed by atoms with Gasteiger partial charge in [0, 0.05) is 56.0 Å². The fourth-order valence-corrected chi connectivity index (χ4v) is 6.70. The molecule has 0 aliphatic carbocycles. The number of carbonyl (C=O) groups is 1. The molecule has 198 valence electrons. The minimum absolute atomic E-state index is 0.0112. The van der Waals surface area contributed by atoms with Crippen molar-refractivity contribution in [2.24, 2.45) is 0 Å². The number of fused-ring (bicyclic) bond motifs is 1. The monoisotopic (exact) mass is 552 g/mol. The Morgan fingerprint density at radius 3 is 2.32 bits per heavy atom. The number of hydrogen-bond acceptors (Lipinski definition) is 12. The van der Waals surface area contributed by atoms with Crippen LogP contribution in [0.3, 0.4) is 0 Å². The molecule has 4 aromatic rings. The van der Waals surface area contributed by atoms with Gasteiger partial charge in [0.2, 0.25) is 5.95 Å². The number of thiazole rings is 1. The summed E-state index contributed by atoms with van der Waals surface area (Å²) in [5.41, 5.74) is 0.548. The fourth-order valence-electron chi connectivity index (χ4n) is 4.94. The molecule has 5 heterocycles. The molecule has 2 aliphatic heterocycles. The lowest BCUT2D eigenvalue weighted by Gasteiger charge is -2.34. The number of piperazine rings is 1. The maximum absolute atomic E-state index is 13.2. The van der Waals surface area contributed by atoms with E-state index in [1.807, 2.05) is 22.4 Å². The number of carbonyl (C=O) groups excluding carboxylic acids is 1. The third-order valence-electron chi connectivity index (χ3n) is 7.04. The standard InChI is InChI=1S/C25H28N8O3S2/c1-35-24-27-23(28-25(29-24)36-2)33-9-7-16(8-10-33)21-26-18(15-37-21)22(34)32-13-11-31(12-14-32)20-17-5-3-4-6-19(17)38-30-20/h3-6,15-16H,7-14H2,1-2H3. The molecule has 3 aromatic heterocycles. The molecule has 2 aliphatic rings. The predicted octanol–water partition coefficient (Wildman–Crippen LogP) is 3.30. The van der Waals surface area contributed by atoms with Gasteiger partial charge in [-0.2, -0.15) is 14.3 Å². The van der Waals surface area contributed by atoms with E-state index in [-0.39, 0.29) is 17.9 Å². The average Bonchev–Trinajstić information content (AvgIpc) is 3.65. The van der Waals surface area contributed by atoms with E-state index in [4.69, 9.17) is 14.5 Å².